The summed E-state index contributed by atoms with van der Waals surface area (Å²) < 4.78 is 43.5. The van der Waals surface area contributed by atoms with Gasteiger partial charge in [-0.15, -0.1) is 0 Å². The SMILES string of the molecule is Cc1cccc(C)c1N1CCC(n2c(=O)n(Cc3ccccc3C(F)(F)F)c3c(=O)[nH]ccc32)C1. The minimum absolute atomic E-state index is 0.0620. The fraction of sp³-hybridized carbons (Fsp3) is 0.308. The van der Waals surface area contributed by atoms with Crippen molar-refractivity contribution in [1.82, 2.24) is 14.1 Å². The van der Waals surface area contributed by atoms with Gasteiger partial charge in [0.15, 0.2) is 0 Å². The topological polar surface area (TPSA) is 63.0 Å². The van der Waals surface area contributed by atoms with Gasteiger partial charge in [0.25, 0.3) is 5.56 Å². The first-order valence-electron chi connectivity index (χ1n) is 11.5. The van der Waals surface area contributed by atoms with Crippen LogP contribution in [0.25, 0.3) is 11.0 Å². The van der Waals surface area contributed by atoms with E-state index in [9.17, 15) is 22.8 Å². The number of nitrogens with one attached hydrogen (secondary N) is 1. The van der Waals surface area contributed by atoms with E-state index in [-0.39, 0.29) is 23.7 Å². The van der Waals surface area contributed by atoms with Crippen molar-refractivity contribution in [2.75, 3.05) is 18.0 Å². The molecule has 0 radical (unpaired) electrons. The normalized spacial score (nSPS) is 16.4. The summed E-state index contributed by atoms with van der Waals surface area (Å²) in [4.78, 5) is 31.2. The Morgan fingerprint density at radius 3 is 2.43 bits per heavy atom. The molecule has 6 nitrogen and oxygen atoms in total. The second-order valence-corrected chi connectivity index (χ2v) is 9.06. The minimum atomic E-state index is -4.57. The second kappa shape index (κ2) is 8.48. The Labute approximate surface area is 199 Å². The molecule has 9 heteroatoms. The van der Waals surface area contributed by atoms with Crippen LogP contribution in [0.5, 0.6) is 0 Å². The van der Waals surface area contributed by atoms with Gasteiger partial charge in [0.05, 0.1) is 23.7 Å². The van der Waals surface area contributed by atoms with Gasteiger partial charge in [0, 0.05) is 25.0 Å². The van der Waals surface area contributed by atoms with E-state index in [1.807, 2.05) is 32.0 Å². The third kappa shape index (κ3) is 3.94. The number of halogens is 3. The molecule has 3 heterocycles. The quantitative estimate of drug-likeness (QED) is 0.462. The largest absolute Gasteiger partial charge is 0.416 e. The van der Waals surface area contributed by atoms with E-state index in [1.54, 1.807) is 10.6 Å². The minimum Gasteiger partial charge on any atom is -0.369 e. The lowest BCUT2D eigenvalue weighted by Gasteiger charge is -2.23. The molecular formula is C26H25F3N4O2. The van der Waals surface area contributed by atoms with Crippen LogP contribution in [0.1, 0.15) is 34.7 Å². The molecule has 182 valence electrons. The lowest BCUT2D eigenvalue weighted by atomic mass is 10.1. The first kappa shape index (κ1) is 23.0. The zero-order valence-electron chi connectivity index (χ0n) is 19.4. The van der Waals surface area contributed by atoms with E-state index in [1.165, 1.54) is 29.0 Å². The van der Waals surface area contributed by atoms with Crippen molar-refractivity contribution in [1.29, 1.82) is 0 Å². The molecule has 1 unspecified atom stereocenters. The monoisotopic (exact) mass is 482 g/mol. The molecule has 1 saturated heterocycles. The summed E-state index contributed by atoms with van der Waals surface area (Å²) in [5.41, 5.74) is 2.05. The lowest BCUT2D eigenvalue weighted by molar-refractivity contribution is -0.138. The van der Waals surface area contributed by atoms with Crippen LogP contribution in [-0.4, -0.2) is 27.2 Å². The maximum absolute atomic E-state index is 13.6. The number of aromatic nitrogens is 3. The Balaban J connectivity index is 1.60. The molecule has 2 aromatic carbocycles. The average molecular weight is 483 g/mol. The Kier molecular flexibility index (Phi) is 5.57. The van der Waals surface area contributed by atoms with Gasteiger partial charge in [-0.05, 0) is 49.1 Å². The maximum Gasteiger partial charge on any atom is 0.416 e. The zero-order chi connectivity index (χ0) is 24.9. The van der Waals surface area contributed by atoms with Crippen LogP contribution in [0.3, 0.4) is 0 Å². The zero-order valence-corrected chi connectivity index (χ0v) is 19.4. The smallest absolute Gasteiger partial charge is 0.369 e. The summed E-state index contributed by atoms with van der Waals surface area (Å²) >= 11 is 0. The molecule has 35 heavy (non-hydrogen) atoms. The number of anilines is 1. The van der Waals surface area contributed by atoms with Crippen LogP contribution in [0.15, 0.2) is 64.3 Å². The van der Waals surface area contributed by atoms with Crippen LogP contribution in [0.2, 0.25) is 0 Å². The molecule has 2 aromatic heterocycles. The molecule has 4 aromatic rings. The van der Waals surface area contributed by atoms with Crippen LogP contribution in [0, 0.1) is 13.8 Å². The fourth-order valence-corrected chi connectivity index (χ4v) is 5.31. The van der Waals surface area contributed by atoms with Gasteiger partial charge in [0.1, 0.15) is 5.52 Å². The van der Waals surface area contributed by atoms with Gasteiger partial charge in [0.2, 0.25) is 0 Å². The third-order valence-electron chi connectivity index (χ3n) is 6.82. The molecule has 1 fully saturated rings. The van der Waals surface area contributed by atoms with E-state index in [0.717, 1.165) is 29.4 Å². The van der Waals surface area contributed by atoms with Gasteiger partial charge < -0.3 is 9.88 Å². The molecule has 5 rings (SSSR count). The third-order valence-corrected chi connectivity index (χ3v) is 6.82. The van der Waals surface area contributed by atoms with Crippen molar-refractivity contribution in [3.05, 3.63) is 97.8 Å². The van der Waals surface area contributed by atoms with Gasteiger partial charge in [-0.1, -0.05) is 36.4 Å². The van der Waals surface area contributed by atoms with Crippen LogP contribution in [-0.2, 0) is 12.7 Å². The molecule has 1 aliphatic rings. The van der Waals surface area contributed by atoms with Crippen molar-refractivity contribution in [3.8, 4) is 0 Å². The maximum atomic E-state index is 13.6. The number of H-pyrrole nitrogens is 1. The number of para-hydroxylation sites is 1. The number of aryl methyl sites for hydroxylation is 2. The molecule has 1 atom stereocenters. The highest BCUT2D eigenvalue weighted by atomic mass is 19.4. The van der Waals surface area contributed by atoms with E-state index in [2.05, 4.69) is 9.88 Å². The van der Waals surface area contributed by atoms with Crippen LogP contribution >= 0.6 is 0 Å². The van der Waals surface area contributed by atoms with E-state index in [4.69, 9.17) is 0 Å². The fourth-order valence-electron chi connectivity index (χ4n) is 5.31. The predicted octanol–water partition coefficient (Wildman–Crippen LogP) is 4.63. The summed E-state index contributed by atoms with van der Waals surface area (Å²) in [6.07, 6.45) is -2.42. The number of pyridine rings is 1. The molecule has 0 aliphatic carbocycles. The predicted molar refractivity (Wildman–Crippen MR) is 129 cm³/mol. The Hall–Kier alpha value is -3.75. The number of rotatable bonds is 4. The van der Waals surface area contributed by atoms with Crippen molar-refractivity contribution >= 4 is 16.7 Å². The number of hydrogen-bond donors (Lipinski definition) is 1. The van der Waals surface area contributed by atoms with Gasteiger partial charge in [-0.2, -0.15) is 13.2 Å². The second-order valence-electron chi connectivity index (χ2n) is 9.06. The van der Waals surface area contributed by atoms with Crippen molar-refractivity contribution in [2.45, 2.75) is 39.0 Å². The number of aromatic amines is 1. The first-order valence-corrected chi connectivity index (χ1v) is 11.5. The summed E-state index contributed by atoms with van der Waals surface area (Å²) in [7, 11) is 0. The van der Waals surface area contributed by atoms with Crippen molar-refractivity contribution in [2.24, 2.45) is 0 Å². The summed E-state index contributed by atoms with van der Waals surface area (Å²) in [5, 5.41) is 0. The number of imidazole rings is 1. The van der Waals surface area contributed by atoms with Gasteiger partial charge in [-0.3, -0.25) is 13.9 Å². The van der Waals surface area contributed by atoms with E-state index < -0.39 is 23.0 Å². The number of benzene rings is 2. The highest BCUT2D eigenvalue weighted by molar-refractivity contribution is 5.75. The summed E-state index contributed by atoms with van der Waals surface area (Å²) in [6, 6.07) is 12.7. The molecule has 1 N–H and O–H groups in total. The Bertz CT molecular complexity index is 1510. The number of nitrogens with zero attached hydrogens (tertiary/aromatic N) is 3. The van der Waals surface area contributed by atoms with Gasteiger partial charge in [-0.25, -0.2) is 4.79 Å². The molecule has 0 spiro atoms. The molecule has 0 bridgehead atoms. The van der Waals surface area contributed by atoms with Crippen LogP contribution < -0.4 is 16.1 Å². The lowest BCUT2D eigenvalue weighted by Crippen LogP contribution is -2.30. The Morgan fingerprint density at radius 1 is 1.00 bits per heavy atom. The molecule has 1 aliphatic heterocycles. The van der Waals surface area contributed by atoms with Crippen molar-refractivity contribution in [3.63, 3.8) is 0 Å². The van der Waals surface area contributed by atoms with Crippen LogP contribution in [0.4, 0.5) is 18.9 Å². The highest BCUT2D eigenvalue weighted by Crippen LogP contribution is 2.34. The molecule has 0 saturated carbocycles. The van der Waals surface area contributed by atoms with E-state index >= 15 is 0 Å². The first-order chi connectivity index (χ1) is 16.7. The number of alkyl halides is 3. The average Bonchev–Trinajstić information content (AvgIpc) is 3.37. The number of hydrogen-bond acceptors (Lipinski definition) is 3. The highest BCUT2D eigenvalue weighted by Gasteiger charge is 2.34. The Morgan fingerprint density at radius 2 is 1.71 bits per heavy atom. The van der Waals surface area contributed by atoms with E-state index in [0.29, 0.717) is 18.5 Å². The van der Waals surface area contributed by atoms with Gasteiger partial charge >= 0.3 is 11.9 Å². The molecule has 0 amide bonds. The number of fused-ring (bicyclic) bond motifs is 1. The molecular weight excluding hydrogens is 457 g/mol. The summed E-state index contributed by atoms with van der Waals surface area (Å²) in [5.74, 6) is 0. The summed E-state index contributed by atoms with van der Waals surface area (Å²) in [6.45, 7) is 5.04. The standard InChI is InChI=1S/C26H25F3N4O2/c1-16-6-5-7-17(2)22(16)31-13-11-19(15-31)33-21-10-12-30-24(34)23(21)32(25(33)35)14-18-8-3-4-9-20(18)26(27,28)29/h3-10,12,19H,11,13-15H2,1-2H3,(H,30,34). The van der Waals surface area contributed by atoms with Crippen molar-refractivity contribution < 1.29 is 13.2 Å².